The average molecular weight is 411 g/mol. The molecule has 0 radical (unpaired) electrons. The maximum Gasteiger partial charge on any atom is 0.231 e. The Bertz CT molecular complexity index is 780. The molecule has 6 nitrogen and oxygen atoms in total. The average Bonchev–Trinajstić information content (AvgIpc) is 3.31. The molecule has 1 aliphatic carbocycles. The summed E-state index contributed by atoms with van der Waals surface area (Å²) >= 11 is 5.93. The first-order valence-electron chi connectivity index (χ1n) is 9.24. The third-order valence-electron chi connectivity index (χ3n) is 5.45. The van der Waals surface area contributed by atoms with Gasteiger partial charge in [-0.05, 0) is 56.4 Å². The highest BCUT2D eigenvalue weighted by molar-refractivity contribution is 6.30. The molecule has 2 aromatic rings. The summed E-state index contributed by atoms with van der Waals surface area (Å²) in [5.41, 5.74) is 6.83. The van der Waals surface area contributed by atoms with E-state index in [9.17, 15) is 4.79 Å². The normalized spacial score (nSPS) is 25.3. The molecule has 1 aromatic carbocycles. The lowest BCUT2D eigenvalue weighted by Gasteiger charge is -2.32. The van der Waals surface area contributed by atoms with Crippen LogP contribution in [0.3, 0.4) is 0 Å². The van der Waals surface area contributed by atoms with Gasteiger partial charge in [-0.15, -0.1) is 12.4 Å². The second kappa shape index (κ2) is 8.59. The van der Waals surface area contributed by atoms with E-state index >= 15 is 0 Å². The van der Waals surface area contributed by atoms with Crippen molar-refractivity contribution in [3.05, 3.63) is 35.2 Å². The third-order valence-corrected chi connectivity index (χ3v) is 5.70. The highest BCUT2D eigenvalue weighted by atomic mass is 35.5. The van der Waals surface area contributed by atoms with Crippen LogP contribution in [0.15, 0.2) is 28.8 Å². The number of piperidine rings is 1. The molecule has 1 aliphatic heterocycles. The Morgan fingerprint density at radius 2 is 2.00 bits per heavy atom. The molecule has 4 rings (SSSR count). The van der Waals surface area contributed by atoms with Crippen LogP contribution >= 0.6 is 24.0 Å². The molecule has 2 fully saturated rings. The van der Waals surface area contributed by atoms with E-state index in [-0.39, 0.29) is 36.2 Å². The number of hydrogen-bond acceptors (Lipinski definition) is 5. The van der Waals surface area contributed by atoms with E-state index in [0.717, 1.165) is 44.2 Å². The van der Waals surface area contributed by atoms with Crippen LogP contribution in [0.2, 0.25) is 5.02 Å². The Morgan fingerprint density at radius 3 is 2.70 bits per heavy atom. The number of aromatic nitrogens is 2. The zero-order valence-electron chi connectivity index (χ0n) is 15.0. The van der Waals surface area contributed by atoms with Crippen molar-refractivity contribution in [2.75, 3.05) is 13.1 Å². The minimum Gasteiger partial charge on any atom is -0.342 e. The van der Waals surface area contributed by atoms with E-state index in [1.807, 2.05) is 17.0 Å². The highest BCUT2D eigenvalue weighted by Gasteiger charge is 2.34. The van der Waals surface area contributed by atoms with Gasteiger partial charge in [0.15, 0.2) is 0 Å². The van der Waals surface area contributed by atoms with Gasteiger partial charge in [-0.2, -0.15) is 4.98 Å². The van der Waals surface area contributed by atoms with Crippen molar-refractivity contribution in [3.63, 3.8) is 0 Å². The quantitative estimate of drug-likeness (QED) is 0.834. The summed E-state index contributed by atoms with van der Waals surface area (Å²) in [4.78, 5) is 19.3. The third kappa shape index (κ3) is 4.45. The Morgan fingerprint density at radius 1 is 1.22 bits per heavy atom. The van der Waals surface area contributed by atoms with E-state index in [4.69, 9.17) is 21.9 Å². The molecule has 1 saturated carbocycles. The van der Waals surface area contributed by atoms with Crippen LogP contribution in [-0.2, 0) is 4.79 Å². The molecule has 27 heavy (non-hydrogen) atoms. The number of carbonyl (C=O) groups excluding carboxylic acids is 1. The number of likely N-dealkylation sites (tertiary alicyclic amines) is 1. The summed E-state index contributed by atoms with van der Waals surface area (Å²) in [5, 5.41) is 4.77. The van der Waals surface area contributed by atoms with Gasteiger partial charge in [-0.3, -0.25) is 4.79 Å². The van der Waals surface area contributed by atoms with Crippen LogP contribution in [0.5, 0.6) is 0 Å². The molecule has 0 spiro atoms. The predicted octanol–water partition coefficient (Wildman–Crippen LogP) is 3.65. The Hall–Kier alpha value is -1.63. The van der Waals surface area contributed by atoms with E-state index in [2.05, 4.69) is 10.1 Å². The monoisotopic (exact) mass is 410 g/mol. The number of rotatable bonds is 3. The van der Waals surface area contributed by atoms with Crippen LogP contribution in [0.25, 0.3) is 11.4 Å². The summed E-state index contributed by atoms with van der Waals surface area (Å²) in [6.07, 6.45) is 4.57. The number of nitrogens with zero attached hydrogens (tertiary/aromatic N) is 3. The summed E-state index contributed by atoms with van der Waals surface area (Å²) in [6.45, 7) is 1.45. The molecule has 3 atom stereocenters. The standard InChI is InChI=1S/C19H23ClN4O2.ClH/c20-15-6-3-12(4-7-15)17-22-18(26-23-17)14-2-1-9-24(11-14)19(25)13-5-8-16(21)10-13;/h3-4,6-7,13-14,16H,1-2,5,8-11,21H2;1H. The molecule has 0 bridgehead atoms. The number of amides is 1. The van der Waals surface area contributed by atoms with Gasteiger partial charge in [0.1, 0.15) is 0 Å². The van der Waals surface area contributed by atoms with Crippen molar-refractivity contribution < 1.29 is 9.32 Å². The van der Waals surface area contributed by atoms with Crippen LogP contribution in [0, 0.1) is 5.92 Å². The zero-order chi connectivity index (χ0) is 18.1. The first-order valence-corrected chi connectivity index (χ1v) is 9.62. The number of nitrogens with two attached hydrogens (primary N) is 1. The fraction of sp³-hybridized carbons (Fsp3) is 0.526. The Kier molecular flexibility index (Phi) is 6.40. The van der Waals surface area contributed by atoms with Gasteiger partial charge in [-0.25, -0.2) is 0 Å². The number of carbonyl (C=O) groups is 1. The van der Waals surface area contributed by atoms with Gasteiger partial charge in [0, 0.05) is 35.6 Å². The minimum absolute atomic E-state index is 0. The van der Waals surface area contributed by atoms with Crippen molar-refractivity contribution in [1.29, 1.82) is 0 Å². The molecule has 2 N–H and O–H groups in total. The van der Waals surface area contributed by atoms with E-state index in [1.165, 1.54) is 0 Å². The van der Waals surface area contributed by atoms with Gasteiger partial charge >= 0.3 is 0 Å². The lowest BCUT2D eigenvalue weighted by Crippen LogP contribution is -2.42. The summed E-state index contributed by atoms with van der Waals surface area (Å²) in [6, 6.07) is 7.52. The topological polar surface area (TPSA) is 85.3 Å². The van der Waals surface area contributed by atoms with Crippen molar-refractivity contribution in [1.82, 2.24) is 15.0 Å². The predicted molar refractivity (Wildman–Crippen MR) is 106 cm³/mol. The smallest absolute Gasteiger partial charge is 0.231 e. The van der Waals surface area contributed by atoms with Gasteiger partial charge in [0.05, 0.1) is 5.92 Å². The number of hydrogen-bond donors (Lipinski definition) is 1. The van der Waals surface area contributed by atoms with Gasteiger partial charge in [0.2, 0.25) is 17.6 Å². The van der Waals surface area contributed by atoms with Crippen LogP contribution in [0.4, 0.5) is 0 Å². The molecule has 1 saturated heterocycles. The first kappa shape index (κ1) is 20.1. The number of halogens is 2. The molecule has 1 amide bonds. The lowest BCUT2D eigenvalue weighted by molar-refractivity contribution is -0.136. The Balaban J connectivity index is 0.00000210. The molecule has 1 aromatic heterocycles. The van der Waals surface area contributed by atoms with E-state index in [0.29, 0.717) is 23.3 Å². The van der Waals surface area contributed by atoms with Gasteiger partial charge < -0.3 is 15.2 Å². The minimum atomic E-state index is 0. The molecule has 2 heterocycles. The first-order chi connectivity index (χ1) is 12.6. The van der Waals surface area contributed by atoms with Crippen LogP contribution in [0.1, 0.15) is 43.9 Å². The van der Waals surface area contributed by atoms with Crippen LogP contribution in [-0.4, -0.2) is 40.1 Å². The molecule has 8 heteroatoms. The maximum atomic E-state index is 12.8. The fourth-order valence-corrected chi connectivity index (χ4v) is 4.12. The maximum absolute atomic E-state index is 12.8. The zero-order valence-corrected chi connectivity index (χ0v) is 16.6. The molecule has 3 unspecified atom stereocenters. The lowest BCUT2D eigenvalue weighted by atomic mass is 9.96. The molecule has 2 aliphatic rings. The van der Waals surface area contributed by atoms with Crippen molar-refractivity contribution >= 4 is 29.9 Å². The summed E-state index contributed by atoms with van der Waals surface area (Å²) < 4.78 is 5.51. The van der Waals surface area contributed by atoms with Crippen molar-refractivity contribution in [2.45, 2.75) is 44.1 Å². The van der Waals surface area contributed by atoms with E-state index in [1.54, 1.807) is 12.1 Å². The molecular formula is C19H24Cl2N4O2. The SMILES string of the molecule is Cl.NC1CCC(C(=O)N2CCCC(c3nc(-c4ccc(Cl)cc4)no3)C2)C1. The second-order valence-electron chi connectivity index (χ2n) is 7.36. The molecular weight excluding hydrogens is 387 g/mol. The van der Waals surface area contributed by atoms with Gasteiger partial charge in [-0.1, -0.05) is 16.8 Å². The highest BCUT2D eigenvalue weighted by Crippen LogP contribution is 2.31. The van der Waals surface area contributed by atoms with Gasteiger partial charge in [0.25, 0.3) is 0 Å². The fourth-order valence-electron chi connectivity index (χ4n) is 4.00. The van der Waals surface area contributed by atoms with Crippen LogP contribution < -0.4 is 5.73 Å². The largest absolute Gasteiger partial charge is 0.342 e. The van der Waals surface area contributed by atoms with Crippen molar-refractivity contribution in [3.8, 4) is 11.4 Å². The summed E-state index contributed by atoms with van der Waals surface area (Å²) in [7, 11) is 0. The van der Waals surface area contributed by atoms with Crippen molar-refractivity contribution in [2.24, 2.45) is 11.7 Å². The second-order valence-corrected chi connectivity index (χ2v) is 7.79. The summed E-state index contributed by atoms with van der Waals surface area (Å²) in [5.74, 6) is 1.57. The Labute approximate surface area is 169 Å². The molecule has 146 valence electrons. The van der Waals surface area contributed by atoms with E-state index < -0.39 is 0 Å². The number of benzene rings is 1.